The van der Waals surface area contributed by atoms with Crippen molar-refractivity contribution in [3.8, 4) is 0 Å². The van der Waals surface area contributed by atoms with Gasteiger partial charge in [0.05, 0.1) is 0 Å². The van der Waals surface area contributed by atoms with Crippen molar-refractivity contribution in [2.75, 3.05) is 0 Å². The third-order valence-corrected chi connectivity index (χ3v) is 3.48. The average Bonchev–Trinajstić information content (AvgIpc) is 2.40. The fraction of sp³-hybridized carbons (Fsp3) is 0.286. The van der Waals surface area contributed by atoms with E-state index in [2.05, 4.69) is 29.1 Å². The van der Waals surface area contributed by atoms with E-state index >= 15 is 0 Å². The van der Waals surface area contributed by atoms with Gasteiger partial charge in [0.25, 0.3) is 0 Å². The van der Waals surface area contributed by atoms with E-state index in [1.165, 1.54) is 17.8 Å². The van der Waals surface area contributed by atoms with Crippen molar-refractivity contribution in [3.63, 3.8) is 0 Å². The average molecular weight is 277 g/mol. The predicted molar refractivity (Wildman–Crippen MR) is 74.5 cm³/mol. The van der Waals surface area contributed by atoms with Gasteiger partial charge >= 0.3 is 0 Å². The van der Waals surface area contributed by atoms with Gasteiger partial charge in [-0.25, -0.2) is 14.4 Å². The van der Waals surface area contributed by atoms with Crippen LogP contribution in [0.3, 0.4) is 0 Å². The summed E-state index contributed by atoms with van der Waals surface area (Å²) in [6.45, 7) is 4.75. The summed E-state index contributed by atoms with van der Waals surface area (Å²) in [4.78, 5) is 9.31. The minimum Gasteiger partial charge on any atom is -0.310 e. The summed E-state index contributed by atoms with van der Waals surface area (Å²) in [7, 11) is 0. The number of nitrogens with zero attached hydrogens (tertiary/aromatic N) is 2. The zero-order valence-corrected chi connectivity index (χ0v) is 11.7. The van der Waals surface area contributed by atoms with Gasteiger partial charge < -0.3 is 5.32 Å². The molecule has 5 heteroatoms. The molecular weight excluding hydrogens is 261 g/mol. The van der Waals surface area contributed by atoms with Gasteiger partial charge in [-0.2, -0.15) is 0 Å². The minimum atomic E-state index is -0.223. The van der Waals surface area contributed by atoms with Crippen molar-refractivity contribution in [1.82, 2.24) is 15.3 Å². The van der Waals surface area contributed by atoms with Gasteiger partial charge in [0.15, 0.2) is 5.16 Å². The molecule has 0 saturated heterocycles. The lowest BCUT2D eigenvalue weighted by molar-refractivity contribution is 0.576. The number of hydrogen-bond donors (Lipinski definition) is 1. The highest BCUT2D eigenvalue weighted by Gasteiger charge is 2.08. The van der Waals surface area contributed by atoms with E-state index in [4.69, 9.17) is 0 Å². The smallest absolute Gasteiger partial charge is 0.192 e. The molecule has 1 aromatic carbocycles. The first-order chi connectivity index (χ1) is 9.15. The van der Waals surface area contributed by atoms with Crippen LogP contribution >= 0.6 is 11.8 Å². The maximum absolute atomic E-state index is 13.3. The van der Waals surface area contributed by atoms with Gasteiger partial charge in [-0.15, -0.1) is 0 Å². The Kier molecular flexibility index (Phi) is 4.87. The Bertz CT molecular complexity index is 531. The fourth-order valence-corrected chi connectivity index (χ4v) is 2.36. The highest BCUT2D eigenvalue weighted by atomic mass is 32.2. The Hall–Kier alpha value is -1.46. The lowest BCUT2D eigenvalue weighted by Crippen LogP contribution is -2.22. The highest BCUT2D eigenvalue weighted by molar-refractivity contribution is 7.99. The lowest BCUT2D eigenvalue weighted by atomic mass is 10.2. The van der Waals surface area contributed by atoms with Crippen LogP contribution in [0.2, 0.25) is 0 Å². The normalized spacial score (nSPS) is 10.9. The molecule has 1 aromatic heterocycles. The summed E-state index contributed by atoms with van der Waals surface area (Å²) in [6, 6.07) is 6.92. The number of hydrogen-bond acceptors (Lipinski definition) is 4. The summed E-state index contributed by atoms with van der Waals surface area (Å²) in [6.07, 6.45) is 3.40. The Morgan fingerprint density at radius 2 is 2.00 bits per heavy atom. The number of rotatable bonds is 5. The second kappa shape index (κ2) is 6.63. The summed E-state index contributed by atoms with van der Waals surface area (Å²) in [5.74, 6) is -0.223. The standard InChI is InChI=1S/C14H16FN3S/c1-10(2)18-9-11-8-12(15)4-5-13(11)19-14-16-6-3-7-17-14/h3-8,10,18H,9H2,1-2H3. The van der Waals surface area contributed by atoms with Gasteiger partial charge in [0.2, 0.25) is 0 Å². The summed E-state index contributed by atoms with van der Waals surface area (Å²) >= 11 is 1.45. The van der Waals surface area contributed by atoms with Crippen LogP contribution in [0.4, 0.5) is 4.39 Å². The molecular formula is C14H16FN3S. The highest BCUT2D eigenvalue weighted by Crippen LogP contribution is 2.28. The molecule has 0 radical (unpaired) electrons. The summed E-state index contributed by atoms with van der Waals surface area (Å²) < 4.78 is 13.3. The molecule has 3 nitrogen and oxygen atoms in total. The van der Waals surface area contributed by atoms with Crippen molar-refractivity contribution in [2.45, 2.75) is 36.5 Å². The maximum atomic E-state index is 13.3. The van der Waals surface area contributed by atoms with Gasteiger partial charge in [-0.1, -0.05) is 13.8 Å². The molecule has 0 fully saturated rings. The monoisotopic (exact) mass is 277 g/mol. The zero-order valence-electron chi connectivity index (χ0n) is 10.9. The first kappa shape index (κ1) is 14.0. The van der Waals surface area contributed by atoms with Gasteiger partial charge in [-0.3, -0.25) is 0 Å². The van der Waals surface area contributed by atoms with Crippen molar-refractivity contribution < 1.29 is 4.39 Å². The molecule has 100 valence electrons. The van der Waals surface area contributed by atoms with Crippen LogP contribution in [-0.4, -0.2) is 16.0 Å². The van der Waals surface area contributed by atoms with Crippen LogP contribution < -0.4 is 5.32 Å². The van der Waals surface area contributed by atoms with E-state index < -0.39 is 0 Å². The predicted octanol–water partition coefficient (Wildman–Crippen LogP) is 3.26. The van der Waals surface area contributed by atoms with Crippen molar-refractivity contribution in [1.29, 1.82) is 0 Å². The van der Waals surface area contributed by atoms with Crippen molar-refractivity contribution >= 4 is 11.8 Å². The number of nitrogens with one attached hydrogen (secondary N) is 1. The first-order valence-corrected chi connectivity index (χ1v) is 6.93. The van der Waals surface area contributed by atoms with Gasteiger partial charge in [0.1, 0.15) is 5.82 Å². The number of benzene rings is 1. The Balaban J connectivity index is 2.19. The van der Waals surface area contributed by atoms with Crippen molar-refractivity contribution in [3.05, 3.63) is 48.0 Å². The molecule has 0 bridgehead atoms. The van der Waals surface area contributed by atoms with Crippen LogP contribution in [0.1, 0.15) is 19.4 Å². The van der Waals surface area contributed by atoms with E-state index in [9.17, 15) is 4.39 Å². The Morgan fingerprint density at radius 1 is 1.26 bits per heavy atom. The molecule has 0 aliphatic heterocycles. The van der Waals surface area contributed by atoms with Crippen LogP contribution in [-0.2, 0) is 6.54 Å². The molecule has 1 N–H and O–H groups in total. The zero-order chi connectivity index (χ0) is 13.7. The molecule has 0 aliphatic rings. The SMILES string of the molecule is CC(C)NCc1cc(F)ccc1Sc1ncccn1. The fourth-order valence-electron chi connectivity index (χ4n) is 1.54. The van der Waals surface area contributed by atoms with Crippen LogP contribution in [0.25, 0.3) is 0 Å². The quantitative estimate of drug-likeness (QED) is 0.851. The first-order valence-electron chi connectivity index (χ1n) is 6.12. The van der Waals surface area contributed by atoms with E-state index in [1.54, 1.807) is 30.6 Å². The maximum Gasteiger partial charge on any atom is 0.192 e. The van der Waals surface area contributed by atoms with E-state index in [0.29, 0.717) is 17.7 Å². The molecule has 0 atom stereocenters. The Morgan fingerprint density at radius 3 is 2.68 bits per heavy atom. The molecule has 1 heterocycles. The van der Waals surface area contributed by atoms with Crippen molar-refractivity contribution in [2.24, 2.45) is 0 Å². The molecule has 0 spiro atoms. The second-order valence-electron chi connectivity index (χ2n) is 4.42. The number of aromatic nitrogens is 2. The topological polar surface area (TPSA) is 37.8 Å². The van der Waals surface area contributed by atoms with Crippen LogP contribution in [0.15, 0.2) is 46.7 Å². The Labute approximate surface area is 116 Å². The molecule has 0 saturated carbocycles. The largest absolute Gasteiger partial charge is 0.310 e. The van der Waals surface area contributed by atoms with Gasteiger partial charge in [-0.05, 0) is 41.6 Å². The lowest BCUT2D eigenvalue weighted by Gasteiger charge is -2.12. The molecule has 2 rings (SSSR count). The molecule has 0 amide bonds. The van der Waals surface area contributed by atoms with E-state index in [0.717, 1.165) is 10.5 Å². The molecule has 2 aromatic rings. The van der Waals surface area contributed by atoms with Crippen LogP contribution in [0, 0.1) is 5.82 Å². The minimum absolute atomic E-state index is 0.223. The molecule has 19 heavy (non-hydrogen) atoms. The van der Waals surface area contributed by atoms with Crippen LogP contribution in [0.5, 0.6) is 0 Å². The number of halogens is 1. The third-order valence-electron chi connectivity index (χ3n) is 2.47. The molecule has 0 unspecified atom stereocenters. The third kappa shape index (κ3) is 4.29. The van der Waals surface area contributed by atoms with E-state index in [-0.39, 0.29) is 5.82 Å². The summed E-state index contributed by atoms with van der Waals surface area (Å²) in [5, 5.41) is 3.96. The summed E-state index contributed by atoms with van der Waals surface area (Å²) in [5.41, 5.74) is 0.922. The van der Waals surface area contributed by atoms with E-state index in [1.807, 2.05) is 0 Å². The van der Waals surface area contributed by atoms with Gasteiger partial charge in [0, 0.05) is 29.9 Å². The second-order valence-corrected chi connectivity index (χ2v) is 5.43. The molecule has 0 aliphatic carbocycles.